The molecule has 1 N–H and O–H groups in total. The van der Waals surface area contributed by atoms with E-state index in [9.17, 15) is 14.0 Å². The number of halogens is 1. The van der Waals surface area contributed by atoms with E-state index in [1.807, 2.05) is 0 Å². The first-order valence-corrected chi connectivity index (χ1v) is 7.17. The van der Waals surface area contributed by atoms with Gasteiger partial charge < -0.3 is 5.32 Å². The molecule has 1 fully saturated rings. The van der Waals surface area contributed by atoms with Crippen LogP contribution in [-0.2, 0) is 11.3 Å². The zero-order valence-electron chi connectivity index (χ0n) is 12.2. The Morgan fingerprint density at radius 1 is 1.36 bits per heavy atom. The average molecular weight is 301 g/mol. The van der Waals surface area contributed by atoms with Gasteiger partial charge in [0.25, 0.3) is 5.56 Å². The van der Waals surface area contributed by atoms with Crippen molar-refractivity contribution in [2.75, 3.05) is 5.32 Å². The molecule has 0 atom stereocenters. The fourth-order valence-electron chi connectivity index (χ4n) is 2.23. The third kappa shape index (κ3) is 3.21. The summed E-state index contributed by atoms with van der Waals surface area (Å²) >= 11 is 0. The smallest absolute Gasteiger partial charge is 0.267 e. The van der Waals surface area contributed by atoms with Crippen LogP contribution in [0.1, 0.15) is 30.0 Å². The normalized spacial score (nSPS) is 13.9. The molecule has 6 heteroatoms. The van der Waals surface area contributed by atoms with Crippen LogP contribution >= 0.6 is 0 Å². The van der Waals surface area contributed by atoms with Gasteiger partial charge in [-0.25, -0.2) is 9.07 Å². The number of hydrogen-bond acceptors (Lipinski definition) is 3. The Balaban J connectivity index is 1.75. The molecule has 1 amide bonds. The maximum atomic E-state index is 13.2. The highest BCUT2D eigenvalue weighted by atomic mass is 19.1. The molecule has 0 bridgehead atoms. The monoisotopic (exact) mass is 301 g/mol. The Morgan fingerprint density at radius 2 is 2.14 bits per heavy atom. The first-order valence-electron chi connectivity index (χ1n) is 7.17. The van der Waals surface area contributed by atoms with Crippen molar-refractivity contribution < 1.29 is 9.18 Å². The summed E-state index contributed by atoms with van der Waals surface area (Å²) in [5, 5.41) is 6.84. The summed E-state index contributed by atoms with van der Waals surface area (Å²) in [6, 6.07) is 7.32. The van der Waals surface area contributed by atoms with E-state index in [0.29, 0.717) is 11.6 Å². The second-order valence-electron chi connectivity index (χ2n) is 5.54. The van der Waals surface area contributed by atoms with E-state index in [0.717, 1.165) is 28.8 Å². The fourth-order valence-corrected chi connectivity index (χ4v) is 2.23. The van der Waals surface area contributed by atoms with Crippen molar-refractivity contribution in [2.24, 2.45) is 0 Å². The number of anilines is 1. The highest BCUT2D eigenvalue weighted by molar-refractivity contribution is 5.91. The topological polar surface area (TPSA) is 64.0 Å². The SMILES string of the molecule is Cc1ccc(F)cc1NC(=O)Cn1nc(C2CC2)ccc1=O. The van der Waals surface area contributed by atoms with Crippen molar-refractivity contribution in [3.05, 3.63) is 57.8 Å². The van der Waals surface area contributed by atoms with E-state index < -0.39 is 11.7 Å². The van der Waals surface area contributed by atoms with Crippen LogP contribution in [0.25, 0.3) is 0 Å². The third-order valence-electron chi connectivity index (χ3n) is 3.65. The van der Waals surface area contributed by atoms with E-state index >= 15 is 0 Å². The summed E-state index contributed by atoms with van der Waals surface area (Å²) in [6.45, 7) is 1.59. The molecule has 0 aliphatic heterocycles. The molecule has 1 aromatic carbocycles. The lowest BCUT2D eigenvalue weighted by molar-refractivity contribution is -0.117. The third-order valence-corrected chi connectivity index (χ3v) is 3.65. The van der Waals surface area contributed by atoms with Gasteiger partial charge in [0.15, 0.2) is 0 Å². The van der Waals surface area contributed by atoms with Crippen LogP contribution in [0.4, 0.5) is 10.1 Å². The van der Waals surface area contributed by atoms with Crippen molar-refractivity contribution in [2.45, 2.75) is 32.2 Å². The first-order chi connectivity index (χ1) is 10.5. The molecule has 0 radical (unpaired) electrons. The number of rotatable bonds is 4. The maximum absolute atomic E-state index is 13.2. The van der Waals surface area contributed by atoms with Gasteiger partial charge in [-0.05, 0) is 43.5 Å². The molecule has 1 heterocycles. The lowest BCUT2D eigenvalue weighted by atomic mass is 10.2. The molecule has 1 aliphatic carbocycles. The lowest BCUT2D eigenvalue weighted by Crippen LogP contribution is -2.29. The number of nitrogens with one attached hydrogen (secondary N) is 1. The second kappa shape index (κ2) is 5.71. The summed E-state index contributed by atoms with van der Waals surface area (Å²) in [5.41, 5.74) is 1.67. The van der Waals surface area contributed by atoms with E-state index in [4.69, 9.17) is 0 Å². The van der Waals surface area contributed by atoms with E-state index in [1.54, 1.807) is 19.1 Å². The summed E-state index contributed by atoms with van der Waals surface area (Å²) in [4.78, 5) is 23.8. The molecule has 2 aromatic rings. The van der Waals surface area contributed by atoms with Crippen LogP contribution in [0, 0.1) is 12.7 Å². The average Bonchev–Trinajstić information content (AvgIpc) is 3.30. The van der Waals surface area contributed by atoms with Gasteiger partial charge in [-0.15, -0.1) is 0 Å². The van der Waals surface area contributed by atoms with Gasteiger partial charge in [0, 0.05) is 17.7 Å². The van der Waals surface area contributed by atoms with Crippen molar-refractivity contribution in [1.29, 1.82) is 0 Å². The Hall–Kier alpha value is -2.50. The number of nitrogens with zero attached hydrogens (tertiary/aromatic N) is 2. The molecule has 0 unspecified atom stereocenters. The summed E-state index contributed by atoms with van der Waals surface area (Å²) in [5.74, 6) is -0.427. The van der Waals surface area contributed by atoms with Crippen LogP contribution in [0.3, 0.4) is 0 Å². The Labute approximate surface area is 126 Å². The van der Waals surface area contributed by atoms with Crippen molar-refractivity contribution in [3.8, 4) is 0 Å². The quantitative estimate of drug-likeness (QED) is 0.941. The molecule has 22 heavy (non-hydrogen) atoms. The summed E-state index contributed by atoms with van der Waals surface area (Å²) in [6.07, 6.45) is 2.14. The van der Waals surface area contributed by atoms with Crippen LogP contribution < -0.4 is 10.9 Å². The van der Waals surface area contributed by atoms with Gasteiger partial charge in [-0.3, -0.25) is 9.59 Å². The van der Waals surface area contributed by atoms with Gasteiger partial charge >= 0.3 is 0 Å². The summed E-state index contributed by atoms with van der Waals surface area (Å²) in [7, 11) is 0. The molecule has 1 aliphatic rings. The molecule has 0 spiro atoms. The maximum Gasteiger partial charge on any atom is 0.267 e. The molecule has 114 valence electrons. The predicted octanol–water partition coefficient (Wildman–Crippen LogP) is 2.21. The molecule has 1 saturated carbocycles. The summed E-state index contributed by atoms with van der Waals surface area (Å²) < 4.78 is 14.4. The highest BCUT2D eigenvalue weighted by Crippen LogP contribution is 2.38. The van der Waals surface area contributed by atoms with E-state index in [1.165, 1.54) is 18.2 Å². The molecular weight excluding hydrogens is 285 g/mol. The van der Waals surface area contributed by atoms with Gasteiger partial charge in [0.2, 0.25) is 5.91 Å². The number of carbonyl (C=O) groups excluding carboxylic acids is 1. The number of benzene rings is 1. The van der Waals surface area contributed by atoms with E-state index in [2.05, 4.69) is 10.4 Å². The molecule has 1 aromatic heterocycles. The fraction of sp³-hybridized carbons (Fsp3) is 0.312. The number of aromatic nitrogens is 2. The number of hydrogen-bond donors (Lipinski definition) is 1. The van der Waals surface area contributed by atoms with Gasteiger partial charge in [0.1, 0.15) is 12.4 Å². The number of aryl methyl sites for hydroxylation is 1. The molecule has 5 nitrogen and oxygen atoms in total. The van der Waals surface area contributed by atoms with E-state index in [-0.39, 0.29) is 12.1 Å². The van der Waals surface area contributed by atoms with Gasteiger partial charge in [-0.1, -0.05) is 6.07 Å². The van der Waals surface area contributed by atoms with Gasteiger partial charge in [-0.2, -0.15) is 5.10 Å². The minimum Gasteiger partial charge on any atom is -0.324 e. The Kier molecular flexibility index (Phi) is 3.75. The molecule has 3 rings (SSSR count). The largest absolute Gasteiger partial charge is 0.324 e. The first kappa shape index (κ1) is 14.4. The molecule has 0 saturated heterocycles. The van der Waals surface area contributed by atoms with Crippen LogP contribution in [0.5, 0.6) is 0 Å². The van der Waals surface area contributed by atoms with Crippen molar-refractivity contribution in [1.82, 2.24) is 9.78 Å². The Bertz CT molecular complexity index is 781. The number of carbonyl (C=O) groups is 1. The molecular formula is C16H16FN3O2. The lowest BCUT2D eigenvalue weighted by Gasteiger charge is -2.10. The highest BCUT2D eigenvalue weighted by Gasteiger charge is 2.25. The van der Waals surface area contributed by atoms with Gasteiger partial charge in [0.05, 0.1) is 5.69 Å². The van der Waals surface area contributed by atoms with Crippen LogP contribution in [0.2, 0.25) is 0 Å². The standard InChI is InChI=1S/C16H16FN3O2/c1-10-2-5-12(17)8-14(10)18-15(21)9-20-16(22)7-6-13(19-20)11-3-4-11/h2,5-8,11H,3-4,9H2,1H3,(H,18,21). The minimum atomic E-state index is -0.424. The van der Waals surface area contributed by atoms with Crippen molar-refractivity contribution in [3.63, 3.8) is 0 Å². The Morgan fingerprint density at radius 3 is 2.86 bits per heavy atom. The van der Waals surface area contributed by atoms with Crippen LogP contribution in [0.15, 0.2) is 35.1 Å². The minimum absolute atomic E-state index is 0.185. The second-order valence-corrected chi connectivity index (χ2v) is 5.54. The van der Waals surface area contributed by atoms with Crippen LogP contribution in [-0.4, -0.2) is 15.7 Å². The zero-order chi connectivity index (χ0) is 15.7. The zero-order valence-corrected chi connectivity index (χ0v) is 12.2. The predicted molar refractivity (Wildman–Crippen MR) is 80.2 cm³/mol. The number of amides is 1. The van der Waals surface area contributed by atoms with Crippen molar-refractivity contribution >= 4 is 11.6 Å².